The van der Waals surface area contributed by atoms with E-state index in [1.54, 1.807) is 0 Å². The highest BCUT2D eigenvalue weighted by Crippen LogP contribution is 2.31. The van der Waals surface area contributed by atoms with Gasteiger partial charge in [-0.1, -0.05) is 48.0 Å². The first kappa shape index (κ1) is 16.1. The molecule has 2 aromatic carbocycles. The summed E-state index contributed by atoms with van der Waals surface area (Å²) >= 11 is 6.63. The van der Waals surface area contributed by atoms with E-state index in [9.17, 15) is 0 Å². The molecule has 1 aliphatic rings. The van der Waals surface area contributed by atoms with E-state index in [1.807, 2.05) is 36.5 Å². The maximum atomic E-state index is 6.63. The Morgan fingerprint density at radius 2 is 1.88 bits per heavy atom. The summed E-state index contributed by atoms with van der Waals surface area (Å²) in [5, 5.41) is 0.706. The fourth-order valence-corrected chi connectivity index (χ4v) is 3.52. The molecule has 0 amide bonds. The summed E-state index contributed by atoms with van der Waals surface area (Å²) in [5.74, 6) is 0.936. The molecule has 126 valence electrons. The summed E-state index contributed by atoms with van der Waals surface area (Å²) in [5.41, 5.74) is 5.12. The lowest BCUT2D eigenvalue weighted by Crippen LogP contribution is -2.16. The van der Waals surface area contributed by atoms with Crippen molar-refractivity contribution in [3.05, 3.63) is 82.4 Å². The number of hydrogen-bond acceptors (Lipinski definition) is 3. The van der Waals surface area contributed by atoms with Gasteiger partial charge >= 0.3 is 0 Å². The standard InChI is InChI=1S/C20H19ClN4/c1-24(2)13-15-11-22-18-12-23-20(14-7-4-3-5-8-14)19-16(21)9-6-10-17(19)25(15)18/h3-11H,12-13H2,1-2H3. The molecule has 0 saturated heterocycles. The van der Waals surface area contributed by atoms with Gasteiger partial charge in [0.2, 0.25) is 0 Å². The topological polar surface area (TPSA) is 33.4 Å². The summed E-state index contributed by atoms with van der Waals surface area (Å²) in [7, 11) is 4.11. The Morgan fingerprint density at radius 1 is 1.08 bits per heavy atom. The number of nitrogens with zero attached hydrogens (tertiary/aromatic N) is 4. The smallest absolute Gasteiger partial charge is 0.135 e. The summed E-state index contributed by atoms with van der Waals surface area (Å²) in [6.07, 6.45) is 1.93. The van der Waals surface area contributed by atoms with Crippen LogP contribution in [0.1, 0.15) is 22.6 Å². The van der Waals surface area contributed by atoms with Crippen LogP contribution in [0.5, 0.6) is 0 Å². The van der Waals surface area contributed by atoms with Crippen LogP contribution in [0.15, 0.2) is 59.7 Å². The Labute approximate surface area is 152 Å². The zero-order valence-corrected chi connectivity index (χ0v) is 15.0. The Bertz CT molecular complexity index is 942. The van der Waals surface area contributed by atoms with Gasteiger partial charge in [-0.3, -0.25) is 9.56 Å². The van der Waals surface area contributed by atoms with Gasteiger partial charge in [0.25, 0.3) is 0 Å². The molecule has 2 heterocycles. The molecule has 3 aromatic rings. The van der Waals surface area contributed by atoms with Crippen LogP contribution in [0, 0.1) is 0 Å². The Hall–Kier alpha value is -2.43. The average molecular weight is 351 g/mol. The summed E-state index contributed by atoms with van der Waals surface area (Å²) in [6.45, 7) is 1.34. The Balaban J connectivity index is 1.96. The predicted octanol–water partition coefficient (Wildman–Crippen LogP) is 3.94. The van der Waals surface area contributed by atoms with Gasteiger partial charge in [0, 0.05) is 17.7 Å². The summed E-state index contributed by atoms with van der Waals surface area (Å²) in [4.78, 5) is 11.6. The maximum Gasteiger partial charge on any atom is 0.135 e. The number of aromatic nitrogens is 2. The molecule has 5 heteroatoms. The van der Waals surface area contributed by atoms with E-state index in [1.165, 1.54) is 0 Å². The minimum Gasteiger partial charge on any atom is -0.304 e. The molecule has 0 radical (unpaired) electrons. The molecule has 0 spiro atoms. The molecule has 1 aromatic heterocycles. The molecule has 0 unspecified atom stereocenters. The molecule has 0 bridgehead atoms. The van der Waals surface area contributed by atoms with Crippen LogP contribution in [-0.2, 0) is 13.1 Å². The number of aliphatic imine (C=N–C) groups is 1. The van der Waals surface area contributed by atoms with Crippen molar-refractivity contribution in [2.45, 2.75) is 13.1 Å². The van der Waals surface area contributed by atoms with Gasteiger partial charge in [-0.25, -0.2) is 4.98 Å². The second kappa shape index (κ2) is 6.47. The highest BCUT2D eigenvalue weighted by atomic mass is 35.5. The van der Waals surface area contributed by atoms with E-state index in [0.29, 0.717) is 11.6 Å². The van der Waals surface area contributed by atoms with E-state index >= 15 is 0 Å². The largest absolute Gasteiger partial charge is 0.304 e. The van der Waals surface area contributed by atoms with Gasteiger partial charge < -0.3 is 4.90 Å². The lowest BCUT2D eigenvalue weighted by Gasteiger charge is -2.17. The molecule has 1 aliphatic heterocycles. The summed E-state index contributed by atoms with van der Waals surface area (Å²) in [6, 6.07) is 16.2. The SMILES string of the molecule is CN(C)Cc1cnc2n1-c1cccc(Cl)c1C(c1ccccc1)=NC2. The van der Waals surface area contributed by atoms with Gasteiger partial charge in [0.1, 0.15) is 5.82 Å². The van der Waals surface area contributed by atoms with Crippen molar-refractivity contribution in [3.8, 4) is 5.69 Å². The van der Waals surface area contributed by atoms with Crippen LogP contribution < -0.4 is 0 Å². The van der Waals surface area contributed by atoms with Crippen LogP contribution in [-0.4, -0.2) is 34.3 Å². The molecule has 25 heavy (non-hydrogen) atoms. The highest BCUT2D eigenvalue weighted by molar-refractivity contribution is 6.36. The Kier molecular flexibility index (Phi) is 4.15. The molecular formula is C20H19ClN4. The van der Waals surface area contributed by atoms with E-state index in [2.05, 4.69) is 46.7 Å². The fourth-order valence-electron chi connectivity index (χ4n) is 3.27. The van der Waals surface area contributed by atoms with Gasteiger partial charge in [-0.05, 0) is 26.2 Å². The number of rotatable bonds is 3. The van der Waals surface area contributed by atoms with E-state index < -0.39 is 0 Å². The van der Waals surface area contributed by atoms with Crippen molar-refractivity contribution >= 4 is 17.3 Å². The maximum absolute atomic E-state index is 6.63. The second-order valence-electron chi connectivity index (χ2n) is 6.40. The van der Waals surface area contributed by atoms with Gasteiger partial charge in [0.15, 0.2) is 0 Å². The second-order valence-corrected chi connectivity index (χ2v) is 6.81. The number of halogens is 1. The van der Waals surface area contributed by atoms with E-state index in [4.69, 9.17) is 16.6 Å². The minimum atomic E-state index is 0.530. The third-order valence-electron chi connectivity index (χ3n) is 4.28. The average Bonchev–Trinajstić information content (AvgIpc) is 2.90. The molecule has 0 N–H and O–H groups in total. The number of fused-ring (bicyclic) bond motifs is 3. The zero-order valence-electron chi connectivity index (χ0n) is 14.3. The first-order chi connectivity index (χ1) is 12.1. The van der Waals surface area contributed by atoms with Crippen LogP contribution in [0.25, 0.3) is 5.69 Å². The third kappa shape index (κ3) is 2.88. The van der Waals surface area contributed by atoms with Crippen LogP contribution in [0.3, 0.4) is 0 Å². The lowest BCUT2D eigenvalue weighted by atomic mass is 10.0. The van der Waals surface area contributed by atoms with Gasteiger partial charge in [0.05, 0.1) is 34.9 Å². The quantitative estimate of drug-likeness (QED) is 0.717. The molecule has 4 nitrogen and oxygen atoms in total. The van der Waals surface area contributed by atoms with Gasteiger partial charge in [-0.15, -0.1) is 0 Å². The number of imidazole rings is 1. The monoisotopic (exact) mass is 350 g/mol. The molecule has 0 atom stereocenters. The number of benzene rings is 2. The third-order valence-corrected chi connectivity index (χ3v) is 4.60. The van der Waals surface area contributed by atoms with Crippen molar-refractivity contribution in [3.63, 3.8) is 0 Å². The number of hydrogen-bond donors (Lipinski definition) is 0. The van der Waals surface area contributed by atoms with Crippen LogP contribution in [0.2, 0.25) is 5.02 Å². The van der Waals surface area contributed by atoms with E-state index in [-0.39, 0.29) is 0 Å². The van der Waals surface area contributed by atoms with Crippen molar-refractivity contribution in [2.24, 2.45) is 4.99 Å². The summed E-state index contributed by atoms with van der Waals surface area (Å²) < 4.78 is 2.20. The highest BCUT2D eigenvalue weighted by Gasteiger charge is 2.23. The predicted molar refractivity (Wildman–Crippen MR) is 102 cm³/mol. The van der Waals surface area contributed by atoms with E-state index in [0.717, 1.165) is 40.6 Å². The fraction of sp³-hybridized carbons (Fsp3) is 0.200. The molecule has 0 fully saturated rings. The normalized spacial score (nSPS) is 13.2. The van der Waals surface area contributed by atoms with Crippen molar-refractivity contribution < 1.29 is 0 Å². The first-order valence-corrected chi connectivity index (χ1v) is 8.62. The first-order valence-electron chi connectivity index (χ1n) is 8.24. The van der Waals surface area contributed by atoms with Crippen molar-refractivity contribution in [1.29, 1.82) is 0 Å². The molecule has 4 rings (SSSR count). The Morgan fingerprint density at radius 3 is 2.64 bits per heavy atom. The minimum absolute atomic E-state index is 0.530. The zero-order chi connectivity index (χ0) is 17.4. The van der Waals surface area contributed by atoms with Crippen LogP contribution in [0.4, 0.5) is 0 Å². The van der Waals surface area contributed by atoms with Gasteiger partial charge in [-0.2, -0.15) is 0 Å². The molecule has 0 saturated carbocycles. The van der Waals surface area contributed by atoms with Crippen molar-refractivity contribution in [2.75, 3.05) is 14.1 Å². The van der Waals surface area contributed by atoms with Crippen LogP contribution >= 0.6 is 11.6 Å². The van der Waals surface area contributed by atoms with Crippen molar-refractivity contribution in [1.82, 2.24) is 14.5 Å². The lowest BCUT2D eigenvalue weighted by molar-refractivity contribution is 0.393. The molecule has 0 aliphatic carbocycles. The molecular weight excluding hydrogens is 332 g/mol.